The molecule has 26 heavy (non-hydrogen) atoms. The number of halogens is 1. The zero-order chi connectivity index (χ0) is 18.4. The molecule has 0 radical (unpaired) electrons. The highest BCUT2D eigenvalue weighted by molar-refractivity contribution is 5.84. The highest BCUT2D eigenvalue weighted by Gasteiger charge is 2.28. The molecule has 2 N–H and O–H groups in total. The van der Waals surface area contributed by atoms with E-state index >= 15 is 0 Å². The monoisotopic (exact) mass is 360 g/mol. The van der Waals surface area contributed by atoms with Crippen LogP contribution in [0.15, 0.2) is 36.4 Å². The molecule has 6 heteroatoms. The maximum Gasteiger partial charge on any atom is 0.411 e. The summed E-state index contributed by atoms with van der Waals surface area (Å²) in [7, 11) is 0. The Labute approximate surface area is 153 Å². The molecule has 1 aromatic rings. The smallest absolute Gasteiger partial charge is 0.411 e. The van der Waals surface area contributed by atoms with E-state index in [4.69, 9.17) is 4.74 Å². The van der Waals surface area contributed by atoms with E-state index in [1.54, 1.807) is 0 Å². The number of anilines is 1. The Morgan fingerprint density at radius 2 is 1.88 bits per heavy atom. The molecule has 2 amide bonds. The Morgan fingerprint density at radius 1 is 1.08 bits per heavy atom. The van der Waals surface area contributed by atoms with Crippen LogP contribution < -0.4 is 10.6 Å². The van der Waals surface area contributed by atoms with Crippen molar-refractivity contribution in [3.63, 3.8) is 0 Å². The number of carbonyl (C=O) groups is 2. The molecule has 0 bridgehead atoms. The van der Waals surface area contributed by atoms with E-state index in [1.165, 1.54) is 24.3 Å². The molecule has 0 unspecified atom stereocenters. The summed E-state index contributed by atoms with van der Waals surface area (Å²) >= 11 is 0. The van der Waals surface area contributed by atoms with Crippen molar-refractivity contribution in [2.24, 2.45) is 5.92 Å². The minimum absolute atomic E-state index is 0.0470. The molecule has 1 saturated carbocycles. The molecule has 0 saturated heterocycles. The number of hydrogen-bond donors (Lipinski definition) is 2. The second kappa shape index (κ2) is 8.83. The van der Waals surface area contributed by atoms with Crippen LogP contribution in [0.25, 0.3) is 0 Å². The van der Waals surface area contributed by atoms with Gasteiger partial charge in [-0.2, -0.15) is 0 Å². The van der Waals surface area contributed by atoms with Gasteiger partial charge in [0, 0.05) is 24.1 Å². The van der Waals surface area contributed by atoms with Gasteiger partial charge in [0.15, 0.2) is 0 Å². The third-order valence-corrected chi connectivity index (χ3v) is 4.98. The summed E-state index contributed by atoms with van der Waals surface area (Å²) in [5.41, 5.74) is 0.488. The van der Waals surface area contributed by atoms with Crippen LogP contribution >= 0.6 is 0 Å². The fourth-order valence-corrected chi connectivity index (χ4v) is 3.57. The number of rotatable bonds is 4. The second-order valence-electron chi connectivity index (χ2n) is 7.01. The van der Waals surface area contributed by atoms with E-state index in [2.05, 4.69) is 22.8 Å². The second-order valence-corrected chi connectivity index (χ2v) is 7.01. The Bertz CT molecular complexity index is 660. The van der Waals surface area contributed by atoms with Crippen LogP contribution in [0, 0.1) is 11.7 Å². The molecule has 1 aromatic carbocycles. The molecule has 1 fully saturated rings. The predicted molar refractivity (Wildman–Crippen MR) is 97.2 cm³/mol. The molecule has 2 aliphatic rings. The van der Waals surface area contributed by atoms with Crippen LogP contribution in [0.3, 0.4) is 0 Å². The van der Waals surface area contributed by atoms with Gasteiger partial charge in [-0.15, -0.1) is 0 Å². The highest BCUT2D eigenvalue weighted by Crippen LogP contribution is 2.24. The fraction of sp³-hybridized carbons (Fsp3) is 0.500. The van der Waals surface area contributed by atoms with Gasteiger partial charge in [0.1, 0.15) is 11.9 Å². The largest absolute Gasteiger partial charge is 0.446 e. The van der Waals surface area contributed by atoms with Crippen molar-refractivity contribution in [2.75, 3.05) is 5.32 Å². The summed E-state index contributed by atoms with van der Waals surface area (Å²) in [5.74, 6) is -0.193. The first-order valence-corrected chi connectivity index (χ1v) is 9.29. The van der Waals surface area contributed by atoms with Crippen LogP contribution in [0.2, 0.25) is 0 Å². The number of amides is 2. The van der Waals surface area contributed by atoms with Crippen molar-refractivity contribution in [3.05, 3.63) is 42.2 Å². The standard InChI is InChI=1S/C20H25FN2O3/c21-15-9-11-16(12-10-15)23-20(25)26-18-8-4-7-17(13-18)22-19(24)14-5-2-1-3-6-14/h1-2,9-12,14,17-18H,3-8,13H2,(H,22,24)(H,23,25)/t14-,17-,18-/m0/s1. The molecule has 0 aliphatic heterocycles. The Balaban J connectivity index is 1.45. The Kier molecular flexibility index (Phi) is 6.26. The molecule has 3 atom stereocenters. The van der Waals surface area contributed by atoms with Gasteiger partial charge < -0.3 is 10.1 Å². The minimum Gasteiger partial charge on any atom is -0.446 e. The Hall–Kier alpha value is -2.37. The van der Waals surface area contributed by atoms with Crippen molar-refractivity contribution in [2.45, 2.75) is 57.1 Å². The molecular formula is C20H25FN2O3. The van der Waals surface area contributed by atoms with Crippen molar-refractivity contribution in [1.82, 2.24) is 5.32 Å². The van der Waals surface area contributed by atoms with Crippen molar-refractivity contribution in [3.8, 4) is 0 Å². The molecule has 0 heterocycles. The fourth-order valence-electron chi connectivity index (χ4n) is 3.57. The quantitative estimate of drug-likeness (QED) is 0.793. The summed E-state index contributed by atoms with van der Waals surface area (Å²) in [6, 6.07) is 5.58. The van der Waals surface area contributed by atoms with Crippen LogP contribution in [-0.4, -0.2) is 24.1 Å². The number of carbonyl (C=O) groups excluding carboxylic acids is 2. The third-order valence-electron chi connectivity index (χ3n) is 4.98. The highest BCUT2D eigenvalue weighted by atomic mass is 19.1. The van der Waals surface area contributed by atoms with E-state index in [0.29, 0.717) is 12.1 Å². The normalized spacial score (nSPS) is 25.3. The van der Waals surface area contributed by atoms with Gasteiger partial charge in [-0.05, 0) is 62.8 Å². The van der Waals surface area contributed by atoms with E-state index in [-0.39, 0.29) is 29.8 Å². The van der Waals surface area contributed by atoms with Gasteiger partial charge in [-0.3, -0.25) is 10.1 Å². The molecule has 0 aromatic heterocycles. The zero-order valence-corrected chi connectivity index (χ0v) is 14.7. The van der Waals surface area contributed by atoms with Gasteiger partial charge in [0.05, 0.1) is 0 Å². The maximum atomic E-state index is 12.9. The molecular weight excluding hydrogens is 335 g/mol. The number of benzene rings is 1. The molecule has 0 spiro atoms. The van der Waals surface area contributed by atoms with E-state index < -0.39 is 6.09 Å². The molecule has 3 rings (SSSR count). The average Bonchev–Trinajstić information content (AvgIpc) is 2.64. The first kappa shape index (κ1) is 18.4. The third kappa shape index (κ3) is 5.31. The summed E-state index contributed by atoms with van der Waals surface area (Å²) in [6.45, 7) is 0. The number of allylic oxidation sites excluding steroid dienone is 2. The van der Waals surface area contributed by atoms with E-state index in [9.17, 15) is 14.0 Å². The van der Waals surface area contributed by atoms with Crippen LogP contribution in [0.1, 0.15) is 44.9 Å². The minimum atomic E-state index is -0.550. The number of ether oxygens (including phenoxy) is 1. The van der Waals surface area contributed by atoms with Gasteiger partial charge in [0.25, 0.3) is 0 Å². The number of nitrogens with one attached hydrogen (secondary N) is 2. The number of hydrogen-bond acceptors (Lipinski definition) is 3. The summed E-state index contributed by atoms with van der Waals surface area (Å²) in [4.78, 5) is 24.4. The molecule has 5 nitrogen and oxygen atoms in total. The van der Waals surface area contributed by atoms with Gasteiger partial charge in [-0.1, -0.05) is 12.2 Å². The van der Waals surface area contributed by atoms with Crippen LogP contribution in [0.4, 0.5) is 14.9 Å². The van der Waals surface area contributed by atoms with Gasteiger partial charge in [0.2, 0.25) is 5.91 Å². The first-order chi connectivity index (χ1) is 12.6. The topological polar surface area (TPSA) is 67.4 Å². The molecule has 2 aliphatic carbocycles. The lowest BCUT2D eigenvalue weighted by molar-refractivity contribution is -0.126. The summed E-state index contributed by atoms with van der Waals surface area (Å²) < 4.78 is 18.4. The summed E-state index contributed by atoms with van der Waals surface area (Å²) in [6.07, 6.45) is 9.31. The maximum absolute atomic E-state index is 12.9. The summed E-state index contributed by atoms with van der Waals surface area (Å²) in [5, 5.41) is 5.72. The van der Waals surface area contributed by atoms with Crippen molar-refractivity contribution in [1.29, 1.82) is 0 Å². The van der Waals surface area contributed by atoms with Crippen molar-refractivity contribution >= 4 is 17.7 Å². The lowest BCUT2D eigenvalue weighted by atomic mass is 9.90. The predicted octanol–water partition coefficient (Wildman–Crippen LogP) is 4.16. The van der Waals surface area contributed by atoms with E-state index in [0.717, 1.165) is 38.5 Å². The average molecular weight is 360 g/mol. The molecule has 140 valence electrons. The lowest BCUT2D eigenvalue weighted by Gasteiger charge is -2.30. The SMILES string of the molecule is O=C(Nc1ccc(F)cc1)O[C@H]1CCC[C@H](NC(=O)[C@H]2CC=CCC2)C1. The Morgan fingerprint density at radius 3 is 2.62 bits per heavy atom. The van der Waals surface area contributed by atoms with Crippen LogP contribution in [-0.2, 0) is 9.53 Å². The van der Waals surface area contributed by atoms with Crippen LogP contribution in [0.5, 0.6) is 0 Å². The van der Waals surface area contributed by atoms with Crippen molar-refractivity contribution < 1.29 is 18.7 Å². The lowest BCUT2D eigenvalue weighted by Crippen LogP contribution is -2.43. The zero-order valence-electron chi connectivity index (χ0n) is 14.7. The van der Waals surface area contributed by atoms with Gasteiger partial charge >= 0.3 is 6.09 Å². The van der Waals surface area contributed by atoms with E-state index in [1.807, 2.05) is 0 Å². The van der Waals surface area contributed by atoms with Gasteiger partial charge in [-0.25, -0.2) is 9.18 Å². The first-order valence-electron chi connectivity index (χ1n) is 9.29.